The molecule has 50 heavy (non-hydrogen) atoms. The Morgan fingerprint density at radius 2 is 0.560 bits per heavy atom. The first kappa shape index (κ1) is 40.3. The van der Waals surface area contributed by atoms with E-state index in [4.69, 9.17) is 0 Å². The fourth-order valence-electron chi connectivity index (χ4n) is 7.74. The molecule has 0 N–H and O–H groups in total. The second kappa shape index (κ2) is 22.5. The Kier molecular flexibility index (Phi) is 18.1. The zero-order chi connectivity index (χ0) is 35.6. The van der Waals surface area contributed by atoms with E-state index >= 15 is 0 Å². The molecule has 1 heterocycles. The molecule has 1 aliphatic heterocycles. The number of halogens is 1. The third kappa shape index (κ3) is 12.3. The van der Waals surface area contributed by atoms with Gasteiger partial charge in [-0.2, -0.15) is 0 Å². The molecule has 5 rings (SSSR count). The Balaban J connectivity index is 0.00000276. The molecule has 4 aromatic carbocycles. The summed E-state index contributed by atoms with van der Waals surface area (Å²) in [7, 11) is 4.20. The molecule has 4 aromatic rings. The molecule has 0 bridgehead atoms. The summed E-state index contributed by atoms with van der Waals surface area (Å²) >= 11 is 3.66. The summed E-state index contributed by atoms with van der Waals surface area (Å²) in [6.07, 6.45) is 4.54. The van der Waals surface area contributed by atoms with Crippen LogP contribution in [0.25, 0.3) is 0 Å². The summed E-state index contributed by atoms with van der Waals surface area (Å²) in [4.78, 5) is 11.4. The van der Waals surface area contributed by atoms with Crippen LogP contribution in [0, 0.1) is 0 Å². The fraction of sp³-hybridized carbons (Fsp3) is 0.455. The molecule has 1 fully saturated rings. The summed E-state index contributed by atoms with van der Waals surface area (Å²) in [5.74, 6) is 0. The maximum absolute atomic E-state index is 4.20. The van der Waals surface area contributed by atoms with Gasteiger partial charge in [0.1, 0.15) is 0 Å². The topological polar surface area (TPSA) is 13.0 Å². The van der Waals surface area contributed by atoms with E-state index < -0.39 is 0 Å². The van der Waals surface area contributed by atoms with E-state index in [-0.39, 0.29) is 0 Å². The van der Waals surface area contributed by atoms with Gasteiger partial charge in [-0.15, -0.1) is 0 Å². The van der Waals surface area contributed by atoms with Crippen LogP contribution >= 0.6 is 10.1 Å². The Morgan fingerprint density at radius 1 is 0.380 bits per heavy atom. The molecule has 4 nitrogen and oxygen atoms in total. The van der Waals surface area contributed by atoms with Crippen LogP contribution in [0.4, 0.5) is 0 Å². The van der Waals surface area contributed by atoms with Crippen molar-refractivity contribution >= 4 is 10.1 Å². The van der Waals surface area contributed by atoms with Crippen LogP contribution in [0.3, 0.4) is 0 Å². The van der Waals surface area contributed by atoms with E-state index in [1.807, 2.05) is 0 Å². The van der Waals surface area contributed by atoms with Crippen molar-refractivity contribution in [3.63, 3.8) is 0 Å². The van der Waals surface area contributed by atoms with Gasteiger partial charge < -0.3 is 0 Å². The molecule has 0 aromatic heterocycles. The summed E-state index contributed by atoms with van der Waals surface area (Å²) < 4.78 is 0. The van der Waals surface area contributed by atoms with Crippen LogP contribution in [-0.2, 0) is 41.3 Å². The minimum absolute atomic E-state index is 0.458. The van der Waals surface area contributed by atoms with Gasteiger partial charge >= 0.3 is 25.2 Å². The van der Waals surface area contributed by atoms with Crippen molar-refractivity contribution in [2.75, 3.05) is 26.2 Å². The molecule has 1 saturated heterocycles. The van der Waals surface area contributed by atoms with Gasteiger partial charge in [-0.1, -0.05) is 149 Å². The zero-order valence-electron chi connectivity index (χ0n) is 30.8. The second-order valence-corrected chi connectivity index (χ2v) is 13.9. The molecule has 1 aliphatic rings. The Labute approximate surface area is 316 Å². The minimum atomic E-state index is 0.458. The van der Waals surface area contributed by atoms with Crippen molar-refractivity contribution in [1.82, 2.24) is 19.6 Å². The predicted octanol–water partition coefficient (Wildman–Crippen LogP) is 9.81. The number of hydrogen-bond acceptors (Lipinski definition) is 4. The molecule has 4 unspecified atom stereocenters. The van der Waals surface area contributed by atoms with Crippen molar-refractivity contribution in [1.29, 1.82) is 0 Å². The van der Waals surface area contributed by atoms with Crippen LogP contribution in [0.2, 0.25) is 0 Å². The van der Waals surface area contributed by atoms with E-state index in [1.165, 1.54) is 22.3 Å². The first-order valence-electron chi connectivity index (χ1n) is 18.8. The van der Waals surface area contributed by atoms with E-state index in [0.29, 0.717) is 24.2 Å². The van der Waals surface area contributed by atoms with Gasteiger partial charge in [0.05, 0.1) is 0 Å². The number of benzene rings is 4. The van der Waals surface area contributed by atoms with E-state index in [9.17, 15) is 0 Å². The molecular formula is C44H60ClCuN4+. The third-order valence-corrected chi connectivity index (χ3v) is 10.6. The molecule has 0 amide bonds. The van der Waals surface area contributed by atoms with Crippen molar-refractivity contribution in [3.8, 4) is 0 Å². The average molecular weight is 744 g/mol. The van der Waals surface area contributed by atoms with Crippen LogP contribution in [0.5, 0.6) is 0 Å². The molecule has 0 spiro atoms. The molecular weight excluding hydrogens is 684 g/mol. The van der Waals surface area contributed by atoms with Gasteiger partial charge in [0.15, 0.2) is 0 Å². The van der Waals surface area contributed by atoms with Crippen LogP contribution < -0.4 is 0 Å². The summed E-state index contributed by atoms with van der Waals surface area (Å²) in [6, 6.07) is 46.6. The molecule has 4 atom stereocenters. The summed E-state index contributed by atoms with van der Waals surface area (Å²) in [5, 5.41) is 0. The normalized spacial score (nSPS) is 21.8. The molecule has 273 valence electrons. The number of hydrogen-bond donors (Lipinski definition) is 0. The van der Waals surface area contributed by atoms with Crippen LogP contribution in [0.15, 0.2) is 121 Å². The average Bonchev–Trinajstić information content (AvgIpc) is 3.17. The standard InChI is InChI=1S/C44H60N4.ClH.Cu/c1-5-41-33-46(30-38-23-15-10-16-24-38)43(7-3)35-48(32-40-27-19-12-20-28-40)44(8-4)36-47(31-39-25-17-11-18-26-39)42(6-2)34-45(41)29-37-21-13-9-14-22-37;;/h9-28,41-44H,5-8,29-36H2,1-4H3;1H;/q;;+2/p-1. The summed E-state index contributed by atoms with van der Waals surface area (Å²) in [5.41, 5.74) is 5.65. The van der Waals surface area contributed by atoms with Gasteiger partial charge in [-0.25, -0.2) is 0 Å². The fourth-order valence-corrected chi connectivity index (χ4v) is 7.74. The van der Waals surface area contributed by atoms with E-state index in [0.717, 1.165) is 78.0 Å². The molecule has 0 aliphatic carbocycles. The zero-order valence-corrected chi connectivity index (χ0v) is 32.5. The maximum atomic E-state index is 4.20. The first-order valence-corrected chi connectivity index (χ1v) is 20.1. The van der Waals surface area contributed by atoms with Gasteiger partial charge in [0.2, 0.25) is 0 Å². The van der Waals surface area contributed by atoms with Crippen LogP contribution in [0.1, 0.15) is 75.6 Å². The van der Waals surface area contributed by atoms with Gasteiger partial charge in [-0.05, 0) is 47.9 Å². The van der Waals surface area contributed by atoms with Crippen molar-refractivity contribution < 1.29 is 15.1 Å². The number of nitrogens with zero attached hydrogens (tertiary/aromatic N) is 4. The quantitative estimate of drug-likeness (QED) is 0.134. The molecule has 0 radical (unpaired) electrons. The Bertz CT molecular complexity index is 1210. The Morgan fingerprint density at radius 3 is 0.720 bits per heavy atom. The SMILES string of the molecule is CCC1CN(Cc2ccccc2)C(CC)CN(Cc2ccccc2)C(CC)CN(Cc2ccccc2)C(CC)CN1Cc1ccccc1.[Cl][Cu+]. The predicted molar refractivity (Wildman–Crippen MR) is 210 cm³/mol. The Hall–Kier alpha value is -2.47. The summed E-state index contributed by atoms with van der Waals surface area (Å²) in [6.45, 7) is 17.9. The van der Waals surface area contributed by atoms with Crippen molar-refractivity contribution in [3.05, 3.63) is 144 Å². The van der Waals surface area contributed by atoms with Gasteiger partial charge in [-0.3, -0.25) is 19.6 Å². The van der Waals surface area contributed by atoms with Gasteiger partial charge in [0, 0.05) is 76.5 Å². The molecule has 0 saturated carbocycles. The monoisotopic (exact) mass is 742 g/mol. The van der Waals surface area contributed by atoms with E-state index in [2.05, 4.69) is 194 Å². The number of rotatable bonds is 12. The van der Waals surface area contributed by atoms with E-state index in [1.54, 1.807) is 0 Å². The van der Waals surface area contributed by atoms with Crippen molar-refractivity contribution in [2.24, 2.45) is 0 Å². The van der Waals surface area contributed by atoms with Crippen LogP contribution in [-0.4, -0.2) is 69.9 Å². The third-order valence-electron chi connectivity index (χ3n) is 10.6. The second-order valence-electron chi connectivity index (χ2n) is 13.9. The van der Waals surface area contributed by atoms with Crippen molar-refractivity contribution in [2.45, 2.75) is 104 Å². The first-order chi connectivity index (χ1) is 24.6. The molecule has 6 heteroatoms. The van der Waals surface area contributed by atoms with Gasteiger partial charge in [0.25, 0.3) is 0 Å².